The van der Waals surface area contributed by atoms with Crippen LogP contribution in [0.1, 0.15) is 47.8 Å². The van der Waals surface area contributed by atoms with E-state index in [-0.39, 0.29) is 16.6 Å². The Hall–Kier alpha value is -1.66. The van der Waals surface area contributed by atoms with E-state index in [4.69, 9.17) is 18.3 Å². The van der Waals surface area contributed by atoms with Crippen LogP contribution in [-0.4, -0.2) is 93.1 Å². The quantitative estimate of drug-likeness (QED) is 0.216. The largest absolute Gasteiger partial charge is 0.468 e. The van der Waals surface area contributed by atoms with Crippen LogP contribution >= 0.6 is 0 Å². The van der Waals surface area contributed by atoms with Gasteiger partial charge < -0.3 is 28.5 Å². The normalized spacial score (nSPS) is 24.1. The number of aliphatic hydroxyl groups excluding tert-OH is 2. The molecule has 1 fully saturated rings. The molecule has 1 saturated heterocycles. The summed E-state index contributed by atoms with van der Waals surface area (Å²) in [6.45, 7) is 20.2. The van der Waals surface area contributed by atoms with Gasteiger partial charge in [0, 0.05) is 18.8 Å². The number of rotatable bonds is 11. The molecule has 0 amide bonds. The predicted molar refractivity (Wildman–Crippen MR) is 156 cm³/mol. The first-order valence-electron chi connectivity index (χ1n) is 13.6. The van der Waals surface area contributed by atoms with E-state index in [1.54, 1.807) is 0 Å². The minimum Gasteiger partial charge on any atom is -0.468 e. The summed E-state index contributed by atoms with van der Waals surface area (Å²) in [5.74, 6) is -0.673. The smallest absolute Gasteiger partial charge is 0.330 e. The number of aromatic nitrogens is 2. The highest BCUT2D eigenvalue weighted by molar-refractivity contribution is 6.74. The van der Waals surface area contributed by atoms with Gasteiger partial charge in [0.15, 0.2) is 22.9 Å². The highest BCUT2D eigenvalue weighted by Crippen LogP contribution is 2.45. The van der Waals surface area contributed by atoms with Gasteiger partial charge in [0.2, 0.25) is 0 Å². The average Bonchev–Trinajstić information content (AvgIpc) is 3.14. The Labute approximate surface area is 238 Å². The van der Waals surface area contributed by atoms with Crippen molar-refractivity contribution >= 4 is 22.6 Å². The SMILES string of the molecule is COC(=O)[C@H](CO)NCC(O)C1O[C@@H](n2ccc(=O)[nH]c2=O)[C@H](O[Si](C)(C)C(C)(C)C)[C@@H]1O[Si](C)(C)C(C)(C)C. The number of hydrogen-bond acceptors (Lipinski definition) is 10. The third-order valence-corrected chi connectivity index (χ3v) is 17.4. The second kappa shape index (κ2) is 12.7. The van der Waals surface area contributed by atoms with Crippen LogP contribution in [0.5, 0.6) is 0 Å². The molecule has 12 nitrogen and oxygen atoms in total. The van der Waals surface area contributed by atoms with Gasteiger partial charge in [-0.1, -0.05) is 41.5 Å². The summed E-state index contributed by atoms with van der Waals surface area (Å²) in [4.78, 5) is 39.0. The minimum absolute atomic E-state index is 0.136. The second-order valence-corrected chi connectivity index (χ2v) is 22.9. The zero-order chi connectivity index (χ0) is 30.8. The molecule has 1 aliphatic heterocycles. The zero-order valence-electron chi connectivity index (χ0n) is 25.7. The molecule has 1 aliphatic rings. The number of hydrogen-bond donors (Lipinski definition) is 4. The first kappa shape index (κ1) is 34.5. The standard InChI is InChI=1S/C26H49N3O9Si2/c1-25(2,3)39(8,9)37-20-19(17(31)14-27-16(15-30)23(33)35-7)36-22(29-13-12-18(32)28-24(29)34)21(20)38-40(10,11)26(4,5)6/h12-13,16-17,19-22,27,30-31H,14-15H2,1-11H3,(H,28,32,34)/t16-,17?,19?,20+,21+,22+/m0/s1. The Balaban J connectivity index is 2.63. The fourth-order valence-corrected chi connectivity index (χ4v) is 6.45. The Morgan fingerprint density at radius 1 is 1.07 bits per heavy atom. The second-order valence-electron chi connectivity index (χ2n) is 13.4. The molecule has 40 heavy (non-hydrogen) atoms. The van der Waals surface area contributed by atoms with E-state index >= 15 is 0 Å². The lowest BCUT2D eigenvalue weighted by Gasteiger charge is -2.44. The molecule has 1 aromatic heterocycles. The van der Waals surface area contributed by atoms with Gasteiger partial charge in [-0.15, -0.1) is 0 Å². The van der Waals surface area contributed by atoms with Crippen molar-refractivity contribution in [2.45, 2.75) is 114 Å². The van der Waals surface area contributed by atoms with Crippen molar-refractivity contribution in [2.75, 3.05) is 20.3 Å². The van der Waals surface area contributed by atoms with Crippen LogP contribution in [-0.2, 0) is 23.1 Å². The van der Waals surface area contributed by atoms with Crippen LogP contribution in [0.4, 0.5) is 0 Å². The Bertz CT molecular complexity index is 1120. The maximum absolute atomic E-state index is 12.9. The summed E-state index contributed by atoms with van der Waals surface area (Å²) < 4.78 is 26.1. The van der Waals surface area contributed by atoms with Crippen LogP contribution < -0.4 is 16.6 Å². The molecule has 0 saturated carbocycles. The fraction of sp³-hybridized carbons (Fsp3) is 0.808. The number of carbonyl (C=O) groups excluding carboxylic acids is 1. The van der Waals surface area contributed by atoms with E-state index < -0.39 is 77.1 Å². The summed E-state index contributed by atoms with van der Waals surface area (Å²) in [6, 6.07) is 0.184. The van der Waals surface area contributed by atoms with Crippen LogP contribution in [0, 0.1) is 0 Å². The topological polar surface area (TPSA) is 161 Å². The average molecular weight is 604 g/mol. The summed E-state index contributed by atoms with van der Waals surface area (Å²) >= 11 is 0. The zero-order valence-corrected chi connectivity index (χ0v) is 27.7. The predicted octanol–water partition coefficient (Wildman–Crippen LogP) is 1.70. The van der Waals surface area contributed by atoms with Crippen molar-refractivity contribution in [2.24, 2.45) is 0 Å². The molecule has 0 spiro atoms. The van der Waals surface area contributed by atoms with Gasteiger partial charge in [-0.2, -0.15) is 0 Å². The molecule has 1 aromatic rings. The third kappa shape index (κ3) is 7.79. The van der Waals surface area contributed by atoms with Crippen molar-refractivity contribution in [3.63, 3.8) is 0 Å². The number of aromatic amines is 1. The molecule has 0 aromatic carbocycles. The van der Waals surface area contributed by atoms with Crippen LogP contribution in [0.15, 0.2) is 21.9 Å². The maximum atomic E-state index is 12.9. The number of methoxy groups -OCH3 is 1. The molecule has 4 N–H and O–H groups in total. The lowest BCUT2D eigenvalue weighted by atomic mass is 10.1. The first-order valence-corrected chi connectivity index (χ1v) is 19.4. The van der Waals surface area contributed by atoms with Crippen LogP contribution in [0.25, 0.3) is 0 Å². The number of nitrogens with zero attached hydrogens (tertiary/aromatic N) is 1. The van der Waals surface area contributed by atoms with Gasteiger partial charge in [-0.05, 0) is 36.3 Å². The number of carbonyl (C=O) groups is 1. The van der Waals surface area contributed by atoms with Gasteiger partial charge in [-0.25, -0.2) is 4.79 Å². The summed E-state index contributed by atoms with van der Waals surface area (Å²) in [7, 11) is -3.76. The molecule has 230 valence electrons. The molecule has 0 radical (unpaired) electrons. The molecule has 2 unspecified atom stereocenters. The molecule has 2 heterocycles. The highest BCUT2D eigenvalue weighted by atomic mass is 28.4. The monoisotopic (exact) mass is 603 g/mol. The maximum Gasteiger partial charge on any atom is 0.330 e. The van der Waals surface area contributed by atoms with E-state index in [1.165, 1.54) is 23.9 Å². The van der Waals surface area contributed by atoms with Crippen molar-refractivity contribution in [3.8, 4) is 0 Å². The van der Waals surface area contributed by atoms with Crippen molar-refractivity contribution in [1.29, 1.82) is 0 Å². The molecule has 6 atom stereocenters. The van der Waals surface area contributed by atoms with Gasteiger partial charge in [0.25, 0.3) is 5.56 Å². The van der Waals surface area contributed by atoms with Gasteiger partial charge in [-0.3, -0.25) is 24.5 Å². The van der Waals surface area contributed by atoms with Crippen molar-refractivity contribution in [1.82, 2.24) is 14.9 Å². The summed E-state index contributed by atoms with van der Waals surface area (Å²) in [5.41, 5.74) is -1.22. The summed E-state index contributed by atoms with van der Waals surface area (Å²) in [6.07, 6.45) is -3.45. The summed E-state index contributed by atoms with van der Waals surface area (Å²) in [5, 5.41) is 23.4. The van der Waals surface area contributed by atoms with Gasteiger partial charge >= 0.3 is 11.7 Å². The minimum atomic E-state index is -2.49. The molecule has 0 aliphatic carbocycles. The lowest BCUT2D eigenvalue weighted by molar-refractivity contribution is -0.144. The van der Waals surface area contributed by atoms with E-state index in [2.05, 4.69) is 78.0 Å². The fourth-order valence-electron chi connectivity index (χ4n) is 3.86. The van der Waals surface area contributed by atoms with E-state index in [0.29, 0.717) is 0 Å². The molecular weight excluding hydrogens is 554 g/mol. The number of H-pyrrole nitrogens is 1. The molecular formula is C26H49N3O9Si2. The van der Waals surface area contributed by atoms with E-state index in [1.807, 2.05) is 0 Å². The Kier molecular flexibility index (Phi) is 11.0. The number of aliphatic hydroxyl groups is 2. The molecule has 14 heteroatoms. The van der Waals surface area contributed by atoms with Crippen LogP contribution in [0.2, 0.25) is 36.3 Å². The van der Waals surface area contributed by atoms with Gasteiger partial charge in [0.1, 0.15) is 24.4 Å². The molecule has 0 bridgehead atoms. The number of ether oxygens (including phenoxy) is 2. The number of nitrogens with one attached hydrogen (secondary N) is 2. The molecule has 2 rings (SSSR count). The Morgan fingerprint density at radius 2 is 1.60 bits per heavy atom. The van der Waals surface area contributed by atoms with E-state index in [0.717, 1.165) is 0 Å². The first-order chi connectivity index (χ1) is 18.2. The number of esters is 1. The van der Waals surface area contributed by atoms with Crippen LogP contribution in [0.3, 0.4) is 0 Å². The van der Waals surface area contributed by atoms with Crippen molar-refractivity contribution < 1.29 is 33.3 Å². The van der Waals surface area contributed by atoms with E-state index in [9.17, 15) is 24.6 Å². The highest BCUT2D eigenvalue weighted by Gasteiger charge is 2.56. The Morgan fingerprint density at radius 3 is 2.05 bits per heavy atom. The lowest BCUT2D eigenvalue weighted by Crippen LogP contribution is -2.56. The third-order valence-electron chi connectivity index (χ3n) is 8.45. The van der Waals surface area contributed by atoms with Crippen molar-refractivity contribution in [3.05, 3.63) is 33.1 Å². The van der Waals surface area contributed by atoms with Gasteiger partial charge in [0.05, 0.1) is 19.8 Å².